The van der Waals surface area contributed by atoms with Gasteiger partial charge < -0.3 is 4.90 Å². The normalized spacial score (nSPS) is 10.8. The molecule has 8 heteroatoms. The van der Waals surface area contributed by atoms with Crippen LogP contribution in [0.3, 0.4) is 0 Å². The van der Waals surface area contributed by atoms with Crippen molar-refractivity contribution in [1.29, 1.82) is 15.8 Å². The molecule has 1 heterocycles. The Bertz CT molecular complexity index is 938. The molecule has 0 amide bonds. The lowest BCUT2D eigenvalue weighted by Crippen LogP contribution is -2.36. The van der Waals surface area contributed by atoms with Crippen LogP contribution < -0.4 is 4.90 Å². The Morgan fingerprint density at radius 3 is 2.11 bits per heavy atom. The number of hydrogen-bond acceptors (Lipinski definition) is 7. The summed E-state index contributed by atoms with van der Waals surface area (Å²) < 4.78 is 1.27. The molecule has 0 N–H and O–H groups in total. The fourth-order valence-corrected chi connectivity index (χ4v) is 2.92. The third-order valence-electron chi connectivity index (χ3n) is 3.90. The molecule has 27 heavy (non-hydrogen) atoms. The molecule has 0 aliphatic heterocycles. The monoisotopic (exact) mass is 360 g/mol. The number of rotatable bonds is 6. The topological polar surface area (TPSA) is 117 Å². The second-order valence-electron chi connectivity index (χ2n) is 6.39. The maximum Gasteiger partial charge on any atom is 0.252 e. The lowest BCUT2D eigenvalue weighted by molar-refractivity contribution is 0.608. The Kier molecular flexibility index (Phi) is 6.25. The predicted molar refractivity (Wildman–Crippen MR) is 101 cm³/mol. The second kappa shape index (κ2) is 8.60. The first-order valence-corrected chi connectivity index (χ1v) is 8.50. The van der Waals surface area contributed by atoms with Gasteiger partial charge in [0.15, 0.2) is 11.4 Å². The molecule has 1 aromatic carbocycles. The van der Waals surface area contributed by atoms with Gasteiger partial charge in [-0.1, -0.05) is 0 Å². The molecule has 1 aromatic heterocycles. The van der Waals surface area contributed by atoms with E-state index in [1.807, 2.05) is 42.5 Å². The minimum absolute atomic E-state index is 0.00727. The van der Waals surface area contributed by atoms with Gasteiger partial charge >= 0.3 is 0 Å². The van der Waals surface area contributed by atoms with Crippen molar-refractivity contribution >= 4 is 17.3 Å². The van der Waals surface area contributed by atoms with E-state index in [2.05, 4.69) is 47.8 Å². The lowest BCUT2D eigenvalue weighted by atomic mass is 10.2. The lowest BCUT2D eigenvalue weighted by Gasteiger charge is -2.33. The van der Waals surface area contributed by atoms with E-state index in [0.29, 0.717) is 17.8 Å². The van der Waals surface area contributed by atoms with Crippen molar-refractivity contribution in [2.24, 2.45) is 10.2 Å². The Morgan fingerprint density at radius 1 is 1.00 bits per heavy atom. The highest BCUT2D eigenvalue weighted by atomic mass is 15.3. The SMILES string of the molecule is CC(C)N(c1ccc(/N=N/c2nc(C#N)c(C#N)n2CC#N)cc1)C(C)C. The Balaban J connectivity index is 2.32. The molecule has 0 bridgehead atoms. The summed E-state index contributed by atoms with van der Waals surface area (Å²) in [6, 6.07) is 14.0. The fraction of sp³-hybridized carbons (Fsp3) is 0.368. The molecule has 0 radical (unpaired) electrons. The number of aromatic nitrogens is 2. The van der Waals surface area contributed by atoms with E-state index in [1.165, 1.54) is 4.57 Å². The van der Waals surface area contributed by atoms with Crippen LogP contribution in [-0.2, 0) is 6.54 Å². The van der Waals surface area contributed by atoms with Gasteiger partial charge in [-0.15, -0.1) is 10.2 Å². The number of benzene rings is 1. The van der Waals surface area contributed by atoms with Crippen molar-refractivity contribution in [3.8, 4) is 18.2 Å². The molecule has 0 spiro atoms. The van der Waals surface area contributed by atoms with Crippen molar-refractivity contribution < 1.29 is 0 Å². The first kappa shape index (κ1) is 19.6. The molecule has 136 valence electrons. The van der Waals surface area contributed by atoms with Crippen LogP contribution in [0.1, 0.15) is 39.1 Å². The molecule has 0 saturated heterocycles. The molecule has 8 nitrogen and oxygen atoms in total. The minimum atomic E-state index is -0.136. The summed E-state index contributed by atoms with van der Waals surface area (Å²) in [5.74, 6) is 0.0553. The molecular weight excluding hydrogens is 340 g/mol. The van der Waals surface area contributed by atoms with E-state index in [9.17, 15) is 5.26 Å². The van der Waals surface area contributed by atoms with E-state index >= 15 is 0 Å². The van der Waals surface area contributed by atoms with Crippen LogP contribution in [0.25, 0.3) is 0 Å². The van der Waals surface area contributed by atoms with Crippen LogP contribution in [0.4, 0.5) is 17.3 Å². The van der Waals surface area contributed by atoms with Crippen molar-refractivity contribution in [2.45, 2.75) is 46.3 Å². The van der Waals surface area contributed by atoms with E-state index in [-0.39, 0.29) is 23.9 Å². The highest BCUT2D eigenvalue weighted by Gasteiger charge is 2.17. The summed E-state index contributed by atoms with van der Waals surface area (Å²) in [7, 11) is 0. The van der Waals surface area contributed by atoms with Crippen molar-refractivity contribution in [3.05, 3.63) is 35.7 Å². The van der Waals surface area contributed by atoms with Gasteiger partial charge in [-0.05, 0) is 52.0 Å². The third kappa shape index (κ3) is 4.29. The van der Waals surface area contributed by atoms with Gasteiger partial charge in [-0.3, -0.25) is 4.57 Å². The van der Waals surface area contributed by atoms with Gasteiger partial charge in [0.1, 0.15) is 18.7 Å². The van der Waals surface area contributed by atoms with E-state index < -0.39 is 0 Å². The minimum Gasteiger partial charge on any atom is -0.367 e. The van der Waals surface area contributed by atoms with Crippen LogP contribution in [0.5, 0.6) is 0 Å². The summed E-state index contributed by atoms with van der Waals surface area (Å²) >= 11 is 0. The number of nitriles is 3. The van der Waals surface area contributed by atoms with Crippen molar-refractivity contribution in [3.63, 3.8) is 0 Å². The molecular formula is C19H20N8. The van der Waals surface area contributed by atoms with E-state index in [0.717, 1.165) is 5.69 Å². The average molecular weight is 360 g/mol. The van der Waals surface area contributed by atoms with Crippen molar-refractivity contribution in [1.82, 2.24) is 9.55 Å². The number of anilines is 1. The van der Waals surface area contributed by atoms with Crippen LogP contribution in [0.2, 0.25) is 0 Å². The zero-order chi connectivity index (χ0) is 20.0. The molecule has 0 aliphatic carbocycles. The smallest absolute Gasteiger partial charge is 0.252 e. The predicted octanol–water partition coefficient (Wildman–Crippen LogP) is 4.19. The quantitative estimate of drug-likeness (QED) is 0.716. The zero-order valence-corrected chi connectivity index (χ0v) is 15.7. The molecule has 0 saturated carbocycles. The van der Waals surface area contributed by atoms with Crippen molar-refractivity contribution in [2.75, 3.05) is 4.90 Å². The highest BCUT2D eigenvalue weighted by Crippen LogP contribution is 2.25. The van der Waals surface area contributed by atoms with E-state index in [1.54, 1.807) is 0 Å². The molecule has 2 rings (SSSR count). The summed E-state index contributed by atoms with van der Waals surface area (Å²) in [5.41, 5.74) is 1.63. The summed E-state index contributed by atoms with van der Waals surface area (Å²) in [6.45, 7) is 8.43. The maximum absolute atomic E-state index is 9.18. The standard InChI is InChI=1S/C19H20N8/c1-13(2)27(14(3)4)16-7-5-15(6-8-16)24-25-19-23-17(11-21)18(12-22)26(19)10-9-20/h5-8,13-14H,10H2,1-4H3/b25-24+. The number of imidazole rings is 1. The molecule has 0 aliphatic rings. The number of nitrogens with zero attached hydrogens (tertiary/aromatic N) is 8. The van der Waals surface area contributed by atoms with Gasteiger partial charge in [0.25, 0.3) is 5.95 Å². The van der Waals surface area contributed by atoms with Gasteiger partial charge in [-0.2, -0.15) is 20.8 Å². The Labute approximate surface area is 158 Å². The average Bonchev–Trinajstić information content (AvgIpc) is 2.97. The van der Waals surface area contributed by atoms with Crippen LogP contribution in [0, 0.1) is 34.0 Å². The summed E-state index contributed by atoms with van der Waals surface area (Å²) in [6.07, 6.45) is 0. The fourth-order valence-electron chi connectivity index (χ4n) is 2.92. The highest BCUT2D eigenvalue weighted by molar-refractivity contribution is 5.54. The van der Waals surface area contributed by atoms with Crippen LogP contribution in [-0.4, -0.2) is 21.6 Å². The summed E-state index contributed by atoms with van der Waals surface area (Å²) in [5, 5.41) is 35.3. The number of hydrogen-bond donors (Lipinski definition) is 0. The van der Waals surface area contributed by atoms with Gasteiger partial charge in [0.05, 0.1) is 11.8 Å². The third-order valence-corrected chi connectivity index (χ3v) is 3.90. The van der Waals surface area contributed by atoms with Crippen LogP contribution in [0.15, 0.2) is 34.5 Å². The van der Waals surface area contributed by atoms with Crippen LogP contribution >= 0.6 is 0 Å². The maximum atomic E-state index is 9.18. The largest absolute Gasteiger partial charge is 0.367 e. The summed E-state index contributed by atoms with van der Waals surface area (Å²) in [4.78, 5) is 6.28. The number of azo groups is 1. The Morgan fingerprint density at radius 2 is 1.63 bits per heavy atom. The molecule has 0 atom stereocenters. The van der Waals surface area contributed by atoms with E-state index in [4.69, 9.17) is 10.5 Å². The molecule has 0 unspecified atom stereocenters. The Hall–Kier alpha value is -3.70. The first-order valence-electron chi connectivity index (χ1n) is 8.50. The second-order valence-corrected chi connectivity index (χ2v) is 6.39. The molecule has 2 aromatic rings. The zero-order valence-electron chi connectivity index (χ0n) is 15.7. The van der Waals surface area contributed by atoms with Gasteiger partial charge in [0, 0.05) is 17.8 Å². The first-order chi connectivity index (χ1) is 12.9. The van der Waals surface area contributed by atoms with Gasteiger partial charge in [-0.25, -0.2) is 0 Å². The van der Waals surface area contributed by atoms with Gasteiger partial charge in [0.2, 0.25) is 0 Å². The molecule has 0 fully saturated rings.